The summed E-state index contributed by atoms with van der Waals surface area (Å²) in [5, 5.41) is 3.39. The molecule has 1 aliphatic heterocycles. The van der Waals surface area contributed by atoms with E-state index in [0.717, 1.165) is 70.1 Å². The summed E-state index contributed by atoms with van der Waals surface area (Å²) in [4.78, 5) is 37.3. The molecule has 34 heavy (non-hydrogen) atoms. The molecule has 4 heterocycles. The van der Waals surface area contributed by atoms with E-state index in [1.54, 1.807) is 10.9 Å². The van der Waals surface area contributed by atoms with Gasteiger partial charge < -0.3 is 15.2 Å². The van der Waals surface area contributed by atoms with Crippen molar-refractivity contribution in [3.8, 4) is 16.9 Å². The summed E-state index contributed by atoms with van der Waals surface area (Å²) in [6.07, 6.45) is 3.99. The molecular formula is C23H22N8O2S. The third-order valence-electron chi connectivity index (χ3n) is 6.16. The lowest BCUT2D eigenvalue weighted by molar-refractivity contribution is -0.127. The van der Waals surface area contributed by atoms with E-state index in [-0.39, 0.29) is 11.6 Å². The van der Waals surface area contributed by atoms with Crippen molar-refractivity contribution in [1.82, 2.24) is 33.2 Å². The molecule has 0 bridgehead atoms. The van der Waals surface area contributed by atoms with Crippen LogP contribution in [0.1, 0.15) is 19.3 Å². The monoisotopic (exact) mass is 474 g/mol. The van der Waals surface area contributed by atoms with Crippen LogP contribution in [0.3, 0.4) is 0 Å². The van der Waals surface area contributed by atoms with E-state index in [1.807, 2.05) is 41.3 Å². The van der Waals surface area contributed by atoms with Gasteiger partial charge in [0.25, 0.3) is 0 Å². The maximum absolute atomic E-state index is 13.2. The van der Waals surface area contributed by atoms with Gasteiger partial charge in [0.05, 0.1) is 40.5 Å². The van der Waals surface area contributed by atoms with Gasteiger partial charge in [0.2, 0.25) is 5.91 Å². The second kappa shape index (κ2) is 8.41. The first kappa shape index (κ1) is 20.6. The van der Waals surface area contributed by atoms with Gasteiger partial charge in [-0.2, -0.15) is 8.75 Å². The fourth-order valence-electron chi connectivity index (χ4n) is 4.50. The van der Waals surface area contributed by atoms with Crippen molar-refractivity contribution in [2.75, 3.05) is 25.0 Å². The van der Waals surface area contributed by atoms with E-state index in [0.29, 0.717) is 25.3 Å². The molecule has 1 fully saturated rings. The number of nitrogens with one attached hydrogen (secondary N) is 3. The summed E-state index contributed by atoms with van der Waals surface area (Å²) < 4.78 is 10.3. The van der Waals surface area contributed by atoms with Crippen LogP contribution in [0, 0.1) is 0 Å². The zero-order valence-corrected chi connectivity index (χ0v) is 19.1. The highest BCUT2D eigenvalue weighted by molar-refractivity contribution is 7.00. The molecular weight excluding hydrogens is 452 g/mol. The van der Waals surface area contributed by atoms with Gasteiger partial charge in [-0.1, -0.05) is 6.07 Å². The molecule has 1 aliphatic rings. The van der Waals surface area contributed by atoms with Gasteiger partial charge in [0, 0.05) is 31.6 Å². The van der Waals surface area contributed by atoms with E-state index in [4.69, 9.17) is 0 Å². The largest absolute Gasteiger partial charge is 0.370 e. The van der Waals surface area contributed by atoms with Crippen LogP contribution in [0.5, 0.6) is 0 Å². The van der Waals surface area contributed by atoms with Crippen LogP contribution in [0.2, 0.25) is 0 Å². The lowest BCUT2D eigenvalue weighted by Gasteiger charge is -2.16. The number of carbonyl (C=O) groups excluding carboxylic acids is 1. The molecule has 0 spiro atoms. The fourth-order valence-corrected chi connectivity index (χ4v) is 5.02. The number of aromatic nitrogens is 6. The standard InChI is InChI=1S/C23H22N8O2S/c32-20-3-1-9-30(20)10-2-8-24-22-21(14-4-6-17-19(11-14)29-34-28-17)31(23(33)27-22)15-5-7-16-18(12-15)26-13-25-16/h4-7,11-13,24H,1-3,8-10H2,(H,25,26)(H,27,33). The zero-order chi connectivity index (χ0) is 23.1. The minimum atomic E-state index is -0.248. The summed E-state index contributed by atoms with van der Waals surface area (Å²) in [5.74, 6) is 0.851. The highest BCUT2D eigenvalue weighted by atomic mass is 32.1. The number of rotatable bonds is 7. The molecule has 0 radical (unpaired) electrons. The summed E-state index contributed by atoms with van der Waals surface area (Å²) in [6.45, 7) is 2.16. The number of nitrogens with zero attached hydrogens (tertiary/aromatic N) is 5. The fraction of sp³-hybridized carbons (Fsp3) is 0.261. The van der Waals surface area contributed by atoms with Crippen LogP contribution in [-0.4, -0.2) is 58.7 Å². The average molecular weight is 475 g/mol. The Labute approximate surface area is 198 Å². The predicted octanol–water partition coefficient (Wildman–Crippen LogP) is 3.14. The van der Waals surface area contributed by atoms with Crippen molar-refractivity contribution in [2.24, 2.45) is 0 Å². The van der Waals surface area contributed by atoms with Gasteiger partial charge in [-0.25, -0.2) is 9.78 Å². The second-order valence-corrected chi connectivity index (χ2v) is 8.85. The summed E-state index contributed by atoms with van der Waals surface area (Å²) in [7, 11) is 0. The Morgan fingerprint density at radius 3 is 2.82 bits per heavy atom. The molecule has 0 aliphatic carbocycles. The molecule has 2 aromatic carbocycles. The van der Waals surface area contributed by atoms with Gasteiger partial charge in [0.1, 0.15) is 16.9 Å². The van der Waals surface area contributed by atoms with Crippen molar-refractivity contribution in [1.29, 1.82) is 0 Å². The Kier molecular flexibility index (Phi) is 5.10. The van der Waals surface area contributed by atoms with E-state index in [1.165, 1.54) is 0 Å². The molecule has 172 valence electrons. The van der Waals surface area contributed by atoms with Crippen LogP contribution in [0.4, 0.5) is 5.82 Å². The lowest BCUT2D eigenvalue weighted by Crippen LogP contribution is -2.27. The van der Waals surface area contributed by atoms with Crippen molar-refractivity contribution in [2.45, 2.75) is 19.3 Å². The van der Waals surface area contributed by atoms with Crippen LogP contribution >= 0.6 is 11.7 Å². The number of benzene rings is 2. The van der Waals surface area contributed by atoms with Crippen LogP contribution in [0.15, 0.2) is 47.5 Å². The highest BCUT2D eigenvalue weighted by Gasteiger charge is 2.21. The molecule has 0 atom stereocenters. The number of imidazole rings is 2. The molecule has 11 heteroatoms. The Hall–Kier alpha value is -3.99. The maximum Gasteiger partial charge on any atom is 0.332 e. The zero-order valence-electron chi connectivity index (χ0n) is 18.2. The molecule has 5 aromatic rings. The third-order valence-corrected chi connectivity index (χ3v) is 6.72. The van der Waals surface area contributed by atoms with Crippen molar-refractivity contribution >= 4 is 45.5 Å². The van der Waals surface area contributed by atoms with E-state index >= 15 is 0 Å². The topological polar surface area (TPSA) is 125 Å². The molecule has 3 N–H and O–H groups in total. The van der Waals surface area contributed by atoms with Crippen LogP contribution < -0.4 is 11.0 Å². The highest BCUT2D eigenvalue weighted by Crippen LogP contribution is 2.31. The van der Waals surface area contributed by atoms with Gasteiger partial charge in [-0.05, 0) is 43.2 Å². The molecule has 0 unspecified atom stereocenters. The second-order valence-electron chi connectivity index (χ2n) is 8.33. The number of hydrogen-bond donors (Lipinski definition) is 3. The summed E-state index contributed by atoms with van der Waals surface area (Å²) >= 11 is 1.16. The number of aromatic amines is 2. The summed E-state index contributed by atoms with van der Waals surface area (Å²) in [6, 6.07) is 11.5. The number of H-pyrrole nitrogens is 2. The Morgan fingerprint density at radius 1 is 1.06 bits per heavy atom. The number of carbonyl (C=O) groups is 1. The van der Waals surface area contributed by atoms with Crippen molar-refractivity contribution in [3.05, 3.63) is 53.2 Å². The summed E-state index contributed by atoms with van der Waals surface area (Å²) in [5.41, 5.74) is 5.32. The molecule has 3 aromatic heterocycles. The van der Waals surface area contributed by atoms with Crippen LogP contribution in [-0.2, 0) is 4.79 Å². The Bertz CT molecular complexity index is 1560. The predicted molar refractivity (Wildman–Crippen MR) is 131 cm³/mol. The number of likely N-dealkylation sites (tertiary alicyclic amines) is 1. The molecule has 10 nitrogen and oxygen atoms in total. The van der Waals surface area contributed by atoms with Crippen molar-refractivity contribution < 1.29 is 4.79 Å². The smallest absolute Gasteiger partial charge is 0.332 e. The van der Waals surface area contributed by atoms with Crippen molar-refractivity contribution in [3.63, 3.8) is 0 Å². The third kappa shape index (κ3) is 3.63. The SMILES string of the molecule is O=C1CCCN1CCCNc1[nH]c(=O)n(-c2ccc3nc[nH]c3c2)c1-c1ccc2nsnc2c1. The molecule has 1 saturated heterocycles. The number of hydrogen-bond acceptors (Lipinski definition) is 7. The normalized spacial score (nSPS) is 14.0. The lowest BCUT2D eigenvalue weighted by atomic mass is 10.1. The van der Waals surface area contributed by atoms with Gasteiger partial charge in [-0.3, -0.25) is 14.3 Å². The van der Waals surface area contributed by atoms with E-state index in [2.05, 4.69) is 29.0 Å². The van der Waals surface area contributed by atoms with Crippen LogP contribution in [0.25, 0.3) is 39.0 Å². The number of fused-ring (bicyclic) bond motifs is 2. The number of anilines is 1. The first-order valence-electron chi connectivity index (χ1n) is 11.2. The van der Waals surface area contributed by atoms with Gasteiger partial charge in [0.15, 0.2) is 0 Å². The number of amides is 1. The van der Waals surface area contributed by atoms with E-state index < -0.39 is 0 Å². The first-order valence-corrected chi connectivity index (χ1v) is 11.9. The van der Waals surface area contributed by atoms with Gasteiger partial charge in [-0.15, -0.1) is 0 Å². The Morgan fingerprint density at radius 2 is 1.94 bits per heavy atom. The minimum Gasteiger partial charge on any atom is -0.370 e. The first-order chi connectivity index (χ1) is 16.7. The molecule has 0 saturated carbocycles. The quantitative estimate of drug-likeness (QED) is 0.311. The van der Waals surface area contributed by atoms with Gasteiger partial charge >= 0.3 is 5.69 Å². The molecule has 6 rings (SSSR count). The maximum atomic E-state index is 13.2. The minimum absolute atomic E-state index is 0.222. The molecule has 1 amide bonds. The van der Waals surface area contributed by atoms with E-state index in [9.17, 15) is 9.59 Å². The Balaban J connectivity index is 1.37. The average Bonchev–Trinajstić information content (AvgIpc) is 3.62.